The van der Waals surface area contributed by atoms with E-state index in [1.807, 2.05) is 42.7 Å². The van der Waals surface area contributed by atoms with Crippen LogP contribution in [0, 0.1) is 13.8 Å². The van der Waals surface area contributed by atoms with Crippen LogP contribution in [-0.4, -0.2) is 20.4 Å². The maximum atomic E-state index is 13.0. The molecular weight excluding hydrogens is 340 g/mol. The Morgan fingerprint density at radius 2 is 1.89 bits per heavy atom. The molecule has 0 unspecified atom stereocenters. The highest BCUT2D eigenvalue weighted by Gasteiger charge is 2.45. The Balaban J connectivity index is 1.55. The van der Waals surface area contributed by atoms with Gasteiger partial charge in [0.25, 0.3) is 0 Å². The van der Waals surface area contributed by atoms with E-state index < -0.39 is 5.41 Å². The summed E-state index contributed by atoms with van der Waals surface area (Å²) in [6, 6.07) is 11.0. The Hall–Kier alpha value is -3.15. The fourth-order valence-corrected chi connectivity index (χ4v) is 3.60. The van der Waals surface area contributed by atoms with Gasteiger partial charge >= 0.3 is 0 Å². The lowest BCUT2D eigenvalue weighted by Crippen LogP contribution is -2.46. The van der Waals surface area contributed by atoms with Gasteiger partial charge in [-0.1, -0.05) is 12.5 Å². The van der Waals surface area contributed by atoms with Gasteiger partial charge in [0.1, 0.15) is 0 Å². The molecule has 2 heterocycles. The fraction of sp³-hybridized carbons (Fsp3) is 0.286. The molecule has 0 spiro atoms. The molecule has 0 bridgehead atoms. The molecule has 4 rings (SSSR count). The number of hydrogen-bond donors (Lipinski definition) is 2. The van der Waals surface area contributed by atoms with Gasteiger partial charge < -0.3 is 14.9 Å². The number of nitrogens with zero attached hydrogens (tertiary/aromatic N) is 2. The lowest BCUT2D eigenvalue weighted by Gasteiger charge is -2.40. The predicted octanol–water partition coefficient (Wildman–Crippen LogP) is 3.24. The van der Waals surface area contributed by atoms with Gasteiger partial charge in [0.05, 0.1) is 17.4 Å². The van der Waals surface area contributed by atoms with Crippen LogP contribution in [0.2, 0.25) is 0 Å². The van der Waals surface area contributed by atoms with E-state index in [1.165, 1.54) is 6.07 Å². The zero-order valence-electron chi connectivity index (χ0n) is 15.5. The lowest BCUT2D eigenvalue weighted by atomic mass is 9.64. The number of aromatic amines is 1. The first kappa shape index (κ1) is 17.3. The van der Waals surface area contributed by atoms with Crippen LogP contribution in [0.3, 0.4) is 0 Å². The van der Waals surface area contributed by atoms with Gasteiger partial charge in [-0.05, 0) is 56.5 Å². The standard InChI is InChI=1S/C21H22N4O2/c1-14-15(2)25(13-23-14)18-7-5-17(6-8-18)24-20(27)21(10-3-11-21)16-4-9-19(26)22-12-16/h4-9,12-13H,3,10-11H2,1-2H3,(H,22,26)(H,24,27). The maximum Gasteiger partial charge on any atom is 0.247 e. The average molecular weight is 362 g/mol. The van der Waals surface area contributed by atoms with Crippen LogP contribution in [0.25, 0.3) is 5.69 Å². The molecule has 3 aromatic rings. The van der Waals surface area contributed by atoms with Crippen LogP contribution in [0.15, 0.2) is 53.7 Å². The largest absolute Gasteiger partial charge is 0.329 e. The third kappa shape index (κ3) is 2.97. The molecule has 0 saturated heterocycles. The number of aryl methyl sites for hydroxylation is 1. The van der Waals surface area contributed by atoms with Crippen molar-refractivity contribution in [2.75, 3.05) is 5.32 Å². The van der Waals surface area contributed by atoms with Crippen LogP contribution < -0.4 is 10.9 Å². The molecule has 1 fully saturated rings. The Labute approximate surface area is 157 Å². The van der Waals surface area contributed by atoms with Crippen molar-refractivity contribution >= 4 is 11.6 Å². The van der Waals surface area contributed by atoms with Crippen molar-refractivity contribution in [1.82, 2.24) is 14.5 Å². The monoisotopic (exact) mass is 362 g/mol. The van der Waals surface area contributed by atoms with Crippen LogP contribution in [0.5, 0.6) is 0 Å². The van der Waals surface area contributed by atoms with Crippen molar-refractivity contribution in [2.45, 2.75) is 38.5 Å². The summed E-state index contributed by atoms with van der Waals surface area (Å²) in [7, 11) is 0. The van der Waals surface area contributed by atoms with Crippen LogP contribution in [-0.2, 0) is 10.2 Å². The number of rotatable bonds is 4. The zero-order chi connectivity index (χ0) is 19.0. The molecule has 6 nitrogen and oxygen atoms in total. The number of imidazole rings is 1. The second-order valence-electron chi connectivity index (χ2n) is 7.16. The number of pyridine rings is 1. The highest BCUT2D eigenvalue weighted by Crippen LogP contribution is 2.44. The number of hydrogen-bond acceptors (Lipinski definition) is 3. The number of benzene rings is 1. The lowest BCUT2D eigenvalue weighted by molar-refractivity contribution is -0.124. The second kappa shape index (κ2) is 6.54. The van der Waals surface area contributed by atoms with E-state index in [0.29, 0.717) is 0 Å². The second-order valence-corrected chi connectivity index (χ2v) is 7.16. The van der Waals surface area contributed by atoms with Gasteiger partial charge in [0.15, 0.2) is 0 Å². The van der Waals surface area contributed by atoms with Crippen LogP contribution in [0.4, 0.5) is 5.69 Å². The SMILES string of the molecule is Cc1ncn(-c2ccc(NC(=O)C3(c4ccc(=O)[nH]c4)CCC3)cc2)c1C. The molecule has 1 amide bonds. The van der Waals surface area contributed by atoms with E-state index in [4.69, 9.17) is 0 Å². The Kier molecular flexibility index (Phi) is 4.18. The normalized spacial score (nSPS) is 15.2. The molecule has 2 aromatic heterocycles. The molecule has 0 aliphatic heterocycles. The molecule has 138 valence electrons. The Bertz CT molecular complexity index is 1020. The molecule has 1 saturated carbocycles. The van der Waals surface area contributed by atoms with Gasteiger partial charge in [-0.25, -0.2) is 4.98 Å². The number of amides is 1. The van der Waals surface area contributed by atoms with E-state index in [1.54, 1.807) is 18.6 Å². The summed E-state index contributed by atoms with van der Waals surface area (Å²) in [5.74, 6) is -0.0248. The van der Waals surface area contributed by atoms with E-state index >= 15 is 0 Å². The molecule has 6 heteroatoms. The van der Waals surface area contributed by atoms with E-state index in [0.717, 1.165) is 47.6 Å². The summed E-state index contributed by atoms with van der Waals surface area (Å²) in [5.41, 5.74) is 4.01. The summed E-state index contributed by atoms with van der Waals surface area (Å²) in [5, 5.41) is 3.04. The fourth-order valence-electron chi connectivity index (χ4n) is 3.60. The minimum atomic E-state index is -0.555. The van der Waals surface area contributed by atoms with Crippen molar-refractivity contribution in [2.24, 2.45) is 0 Å². The number of carbonyl (C=O) groups excluding carboxylic acids is 1. The summed E-state index contributed by atoms with van der Waals surface area (Å²) >= 11 is 0. The summed E-state index contributed by atoms with van der Waals surface area (Å²) in [6.45, 7) is 4.01. The molecule has 1 aliphatic carbocycles. The number of anilines is 1. The first-order valence-electron chi connectivity index (χ1n) is 9.11. The highest BCUT2D eigenvalue weighted by molar-refractivity contribution is 5.99. The summed E-state index contributed by atoms with van der Waals surface area (Å²) < 4.78 is 2.02. The molecule has 1 aromatic carbocycles. The first-order chi connectivity index (χ1) is 13.0. The Morgan fingerprint density at radius 1 is 1.15 bits per heavy atom. The van der Waals surface area contributed by atoms with Gasteiger partial charge in [-0.15, -0.1) is 0 Å². The first-order valence-corrected chi connectivity index (χ1v) is 9.11. The minimum Gasteiger partial charge on any atom is -0.329 e. The van der Waals surface area contributed by atoms with E-state index in [2.05, 4.69) is 15.3 Å². The van der Waals surface area contributed by atoms with Gasteiger partial charge in [-0.2, -0.15) is 0 Å². The third-order valence-corrected chi connectivity index (χ3v) is 5.63. The van der Waals surface area contributed by atoms with E-state index in [-0.39, 0.29) is 11.5 Å². The topological polar surface area (TPSA) is 79.8 Å². The maximum absolute atomic E-state index is 13.0. The third-order valence-electron chi connectivity index (χ3n) is 5.63. The minimum absolute atomic E-state index is 0.0248. The van der Waals surface area contributed by atoms with Crippen molar-refractivity contribution in [3.63, 3.8) is 0 Å². The summed E-state index contributed by atoms with van der Waals surface area (Å²) in [6.07, 6.45) is 6.05. The van der Waals surface area contributed by atoms with Crippen molar-refractivity contribution < 1.29 is 4.79 Å². The molecule has 27 heavy (non-hydrogen) atoms. The predicted molar refractivity (Wildman–Crippen MR) is 104 cm³/mol. The summed E-state index contributed by atoms with van der Waals surface area (Å²) in [4.78, 5) is 31.3. The molecular formula is C21H22N4O2. The van der Waals surface area contributed by atoms with Crippen LogP contribution >= 0.6 is 0 Å². The van der Waals surface area contributed by atoms with Crippen LogP contribution in [0.1, 0.15) is 36.2 Å². The quantitative estimate of drug-likeness (QED) is 0.748. The number of carbonyl (C=O) groups is 1. The molecule has 0 atom stereocenters. The van der Waals surface area contributed by atoms with Crippen molar-refractivity contribution in [1.29, 1.82) is 0 Å². The van der Waals surface area contributed by atoms with Gasteiger partial charge in [-0.3, -0.25) is 9.59 Å². The van der Waals surface area contributed by atoms with E-state index in [9.17, 15) is 9.59 Å². The molecule has 0 radical (unpaired) electrons. The van der Waals surface area contributed by atoms with Crippen molar-refractivity contribution in [3.05, 3.63) is 76.2 Å². The zero-order valence-corrected chi connectivity index (χ0v) is 15.5. The molecule has 2 N–H and O–H groups in total. The number of aromatic nitrogens is 3. The van der Waals surface area contributed by atoms with Crippen molar-refractivity contribution in [3.8, 4) is 5.69 Å². The highest BCUT2D eigenvalue weighted by atomic mass is 16.2. The Morgan fingerprint density at radius 3 is 2.41 bits per heavy atom. The number of H-pyrrole nitrogens is 1. The average Bonchev–Trinajstić information content (AvgIpc) is 2.95. The smallest absolute Gasteiger partial charge is 0.247 e. The van der Waals surface area contributed by atoms with Gasteiger partial charge in [0.2, 0.25) is 11.5 Å². The van der Waals surface area contributed by atoms with Gasteiger partial charge in [0, 0.05) is 29.3 Å². The number of nitrogens with one attached hydrogen (secondary N) is 2. The molecule has 1 aliphatic rings.